The summed E-state index contributed by atoms with van der Waals surface area (Å²) in [5.41, 5.74) is 7.01. The number of nitrogens with two attached hydrogens (primary N) is 1. The highest BCUT2D eigenvalue weighted by atomic mass is 19.1. The Bertz CT molecular complexity index is 415. The number of hydrogen-bond acceptors (Lipinski definition) is 3. The lowest BCUT2D eigenvalue weighted by Crippen LogP contribution is -2.38. The monoisotopic (exact) mass is 297 g/mol. The number of hydrogen-bond donors (Lipinski definition) is 1. The standard InChI is InChI=1S/C17H28FNO2/c1-16(2,13-21-17(3,4)11-19)12-20-10-15-7-5-14(9-18)6-8-15/h5-8H,9-13,19H2,1-4H3. The van der Waals surface area contributed by atoms with Crippen molar-refractivity contribution in [2.45, 2.75) is 46.6 Å². The number of rotatable bonds is 9. The lowest BCUT2D eigenvalue weighted by molar-refractivity contribution is -0.0730. The van der Waals surface area contributed by atoms with Gasteiger partial charge in [0.2, 0.25) is 0 Å². The van der Waals surface area contributed by atoms with Gasteiger partial charge in [-0.05, 0) is 25.0 Å². The molecule has 0 radical (unpaired) electrons. The van der Waals surface area contributed by atoms with E-state index in [1.54, 1.807) is 12.1 Å². The first-order chi connectivity index (χ1) is 9.78. The number of benzene rings is 1. The molecule has 0 spiro atoms. The Hall–Kier alpha value is -0.970. The summed E-state index contributed by atoms with van der Waals surface area (Å²) in [6.07, 6.45) is 0. The zero-order valence-electron chi connectivity index (χ0n) is 13.6. The van der Waals surface area contributed by atoms with Gasteiger partial charge >= 0.3 is 0 Å². The van der Waals surface area contributed by atoms with Crippen molar-refractivity contribution >= 4 is 0 Å². The van der Waals surface area contributed by atoms with Crippen LogP contribution < -0.4 is 5.73 Å². The Kier molecular flexibility index (Phi) is 6.78. The number of halogens is 1. The molecular formula is C17H28FNO2. The Balaban J connectivity index is 2.35. The van der Waals surface area contributed by atoms with Crippen LogP contribution in [0.2, 0.25) is 0 Å². The van der Waals surface area contributed by atoms with Gasteiger partial charge in [-0.1, -0.05) is 38.1 Å². The van der Waals surface area contributed by atoms with Crippen molar-refractivity contribution in [3.05, 3.63) is 35.4 Å². The topological polar surface area (TPSA) is 44.5 Å². The lowest BCUT2D eigenvalue weighted by atomic mass is 9.95. The molecule has 0 aromatic heterocycles. The summed E-state index contributed by atoms with van der Waals surface area (Å²) in [6.45, 7) is 9.95. The van der Waals surface area contributed by atoms with Crippen LogP contribution in [0.3, 0.4) is 0 Å². The highest BCUT2D eigenvalue weighted by molar-refractivity contribution is 5.21. The van der Waals surface area contributed by atoms with Crippen LogP contribution in [0.15, 0.2) is 24.3 Å². The van der Waals surface area contributed by atoms with Crippen molar-refractivity contribution in [2.24, 2.45) is 11.1 Å². The van der Waals surface area contributed by atoms with Crippen LogP contribution in [0, 0.1) is 5.41 Å². The third-order valence-corrected chi connectivity index (χ3v) is 3.28. The first-order valence-electron chi connectivity index (χ1n) is 7.33. The van der Waals surface area contributed by atoms with Gasteiger partial charge in [0.15, 0.2) is 0 Å². The van der Waals surface area contributed by atoms with Gasteiger partial charge in [-0.15, -0.1) is 0 Å². The molecule has 1 rings (SSSR count). The first kappa shape index (κ1) is 18.1. The molecule has 0 unspecified atom stereocenters. The summed E-state index contributed by atoms with van der Waals surface area (Å²) >= 11 is 0. The molecule has 0 aliphatic heterocycles. The molecule has 0 saturated carbocycles. The molecule has 0 amide bonds. The zero-order chi connectivity index (χ0) is 15.9. The van der Waals surface area contributed by atoms with Crippen molar-refractivity contribution in [3.63, 3.8) is 0 Å². The maximum absolute atomic E-state index is 12.4. The zero-order valence-corrected chi connectivity index (χ0v) is 13.6. The van der Waals surface area contributed by atoms with E-state index in [4.69, 9.17) is 15.2 Å². The Morgan fingerprint density at radius 3 is 2.10 bits per heavy atom. The van der Waals surface area contributed by atoms with Crippen molar-refractivity contribution in [3.8, 4) is 0 Å². The highest BCUT2D eigenvalue weighted by Crippen LogP contribution is 2.20. The van der Waals surface area contributed by atoms with Crippen LogP contribution in [0.4, 0.5) is 4.39 Å². The van der Waals surface area contributed by atoms with Gasteiger partial charge < -0.3 is 15.2 Å². The summed E-state index contributed by atoms with van der Waals surface area (Å²) in [5, 5.41) is 0. The smallest absolute Gasteiger partial charge is 0.115 e. The molecule has 1 aromatic rings. The summed E-state index contributed by atoms with van der Waals surface area (Å²) in [5.74, 6) is 0. The molecule has 0 fully saturated rings. The maximum Gasteiger partial charge on any atom is 0.115 e. The molecule has 120 valence electrons. The van der Waals surface area contributed by atoms with Crippen LogP contribution in [-0.4, -0.2) is 25.4 Å². The summed E-state index contributed by atoms with van der Waals surface area (Å²) in [7, 11) is 0. The summed E-state index contributed by atoms with van der Waals surface area (Å²) < 4.78 is 24.0. The number of ether oxygens (including phenoxy) is 2. The van der Waals surface area contributed by atoms with Gasteiger partial charge in [-0.2, -0.15) is 0 Å². The molecule has 2 N–H and O–H groups in total. The SMILES string of the molecule is CC(C)(COCc1ccc(CF)cc1)COC(C)(C)CN. The molecule has 3 nitrogen and oxygen atoms in total. The first-order valence-corrected chi connectivity index (χ1v) is 7.33. The minimum absolute atomic E-state index is 0.0781. The van der Waals surface area contributed by atoms with Gasteiger partial charge in [-0.25, -0.2) is 4.39 Å². The van der Waals surface area contributed by atoms with E-state index in [-0.39, 0.29) is 11.0 Å². The van der Waals surface area contributed by atoms with Gasteiger partial charge in [0.25, 0.3) is 0 Å². The lowest BCUT2D eigenvalue weighted by Gasteiger charge is -2.31. The minimum atomic E-state index is -0.428. The molecule has 0 aliphatic carbocycles. The van der Waals surface area contributed by atoms with Crippen LogP contribution in [0.5, 0.6) is 0 Å². The summed E-state index contributed by atoms with van der Waals surface area (Å²) in [4.78, 5) is 0. The average Bonchev–Trinajstić information content (AvgIpc) is 2.46. The van der Waals surface area contributed by atoms with E-state index in [9.17, 15) is 4.39 Å². The number of alkyl halides is 1. The molecule has 0 saturated heterocycles. The second-order valence-corrected chi connectivity index (χ2v) is 6.86. The predicted molar refractivity (Wildman–Crippen MR) is 83.8 cm³/mol. The van der Waals surface area contributed by atoms with Gasteiger partial charge in [0.1, 0.15) is 6.67 Å². The van der Waals surface area contributed by atoms with Crippen molar-refractivity contribution < 1.29 is 13.9 Å². The normalized spacial score (nSPS) is 12.7. The molecule has 0 heterocycles. The molecule has 4 heteroatoms. The van der Waals surface area contributed by atoms with Gasteiger partial charge in [0.05, 0.1) is 25.4 Å². The van der Waals surface area contributed by atoms with Crippen molar-refractivity contribution in [1.29, 1.82) is 0 Å². The van der Waals surface area contributed by atoms with Crippen molar-refractivity contribution in [2.75, 3.05) is 19.8 Å². The van der Waals surface area contributed by atoms with Gasteiger partial charge in [0, 0.05) is 12.0 Å². The molecular weight excluding hydrogens is 269 g/mol. The van der Waals surface area contributed by atoms with Crippen molar-refractivity contribution in [1.82, 2.24) is 0 Å². The largest absolute Gasteiger partial charge is 0.376 e. The fourth-order valence-corrected chi connectivity index (χ4v) is 1.66. The van der Waals surface area contributed by atoms with Gasteiger partial charge in [-0.3, -0.25) is 0 Å². The Labute approximate surface area is 127 Å². The highest BCUT2D eigenvalue weighted by Gasteiger charge is 2.24. The van der Waals surface area contributed by atoms with E-state index in [2.05, 4.69) is 13.8 Å². The third-order valence-electron chi connectivity index (χ3n) is 3.28. The summed E-state index contributed by atoms with van der Waals surface area (Å²) in [6, 6.07) is 7.37. The van der Waals surface area contributed by atoms with E-state index in [1.165, 1.54) is 0 Å². The van der Waals surface area contributed by atoms with E-state index in [0.717, 1.165) is 5.56 Å². The van der Waals surface area contributed by atoms with E-state index < -0.39 is 6.67 Å². The van der Waals surface area contributed by atoms with Crippen LogP contribution in [-0.2, 0) is 22.8 Å². The fourth-order valence-electron chi connectivity index (χ4n) is 1.66. The molecule has 0 aliphatic rings. The Morgan fingerprint density at radius 2 is 1.57 bits per heavy atom. The molecule has 0 bridgehead atoms. The third kappa shape index (κ3) is 7.02. The van der Waals surface area contributed by atoms with E-state index in [0.29, 0.717) is 31.9 Å². The van der Waals surface area contributed by atoms with E-state index >= 15 is 0 Å². The second-order valence-electron chi connectivity index (χ2n) is 6.86. The minimum Gasteiger partial charge on any atom is -0.376 e. The quantitative estimate of drug-likeness (QED) is 0.759. The van der Waals surface area contributed by atoms with E-state index in [1.807, 2.05) is 26.0 Å². The molecule has 21 heavy (non-hydrogen) atoms. The molecule has 1 aromatic carbocycles. The predicted octanol–water partition coefficient (Wildman–Crippen LogP) is 3.45. The Morgan fingerprint density at radius 1 is 1.00 bits per heavy atom. The molecule has 0 atom stereocenters. The average molecular weight is 297 g/mol. The maximum atomic E-state index is 12.4. The van der Waals surface area contributed by atoms with Crippen LogP contribution >= 0.6 is 0 Å². The second kappa shape index (κ2) is 7.87. The fraction of sp³-hybridized carbons (Fsp3) is 0.647. The van der Waals surface area contributed by atoms with Crippen LogP contribution in [0.25, 0.3) is 0 Å². The van der Waals surface area contributed by atoms with Crippen LogP contribution in [0.1, 0.15) is 38.8 Å².